The number of halogens is 1. The number of aliphatic hydroxyl groups is 1. The molecule has 0 radical (unpaired) electrons. The van der Waals surface area contributed by atoms with Crippen LogP contribution >= 0.6 is 11.6 Å². The van der Waals surface area contributed by atoms with Crippen LogP contribution < -0.4 is 5.73 Å². The van der Waals surface area contributed by atoms with E-state index in [1.807, 2.05) is 0 Å². The fourth-order valence-corrected chi connectivity index (χ4v) is 2.72. The van der Waals surface area contributed by atoms with E-state index in [4.69, 9.17) is 22.1 Å². The predicted molar refractivity (Wildman–Crippen MR) is 74.2 cm³/mol. The molecule has 1 aliphatic rings. The van der Waals surface area contributed by atoms with Gasteiger partial charge < -0.3 is 15.6 Å². The van der Waals surface area contributed by atoms with Crippen molar-refractivity contribution in [1.29, 1.82) is 0 Å². The summed E-state index contributed by atoms with van der Waals surface area (Å²) in [6, 6.07) is 0. The standard InChI is InChI=1S/C12H16ClN5O2/c1-2-3-7-6(19)4-8(20-7)18-5-15-9-10(14)16-12(13)17-11(9)18/h5-8,19H,2-4H2,1H3,(H2,14,16,17)/t6-,7+,8+/m0/s1. The molecule has 0 spiro atoms. The Labute approximate surface area is 120 Å². The third kappa shape index (κ3) is 2.21. The predicted octanol–water partition coefficient (Wildman–Crippen LogP) is 1.51. The fraction of sp³-hybridized carbons (Fsp3) is 0.583. The Bertz CT molecular complexity index is 632. The lowest BCUT2D eigenvalue weighted by molar-refractivity contribution is -0.0210. The van der Waals surface area contributed by atoms with Crippen LogP contribution in [0.1, 0.15) is 32.4 Å². The molecule has 0 bridgehead atoms. The first kappa shape index (κ1) is 13.5. The highest BCUT2D eigenvalue weighted by atomic mass is 35.5. The first-order chi connectivity index (χ1) is 9.60. The molecule has 3 rings (SSSR count). The first-order valence-electron chi connectivity index (χ1n) is 6.59. The van der Waals surface area contributed by atoms with Crippen LogP contribution in [0.5, 0.6) is 0 Å². The van der Waals surface area contributed by atoms with E-state index in [2.05, 4.69) is 21.9 Å². The number of rotatable bonds is 3. The Balaban J connectivity index is 1.95. The van der Waals surface area contributed by atoms with Crippen LogP contribution in [0.4, 0.5) is 5.82 Å². The molecule has 3 N–H and O–H groups in total. The Hall–Kier alpha value is -1.44. The number of nitrogens with zero attached hydrogens (tertiary/aromatic N) is 4. The van der Waals surface area contributed by atoms with Crippen molar-refractivity contribution in [2.45, 2.75) is 44.6 Å². The number of aromatic nitrogens is 4. The van der Waals surface area contributed by atoms with Crippen LogP contribution in [0.25, 0.3) is 11.2 Å². The molecule has 108 valence electrons. The molecule has 1 aliphatic heterocycles. The first-order valence-corrected chi connectivity index (χ1v) is 6.97. The zero-order valence-corrected chi connectivity index (χ0v) is 11.8. The lowest BCUT2D eigenvalue weighted by Crippen LogP contribution is -2.20. The molecular weight excluding hydrogens is 282 g/mol. The topological polar surface area (TPSA) is 99.1 Å². The van der Waals surface area contributed by atoms with Gasteiger partial charge in [-0.05, 0) is 18.0 Å². The molecule has 20 heavy (non-hydrogen) atoms. The van der Waals surface area contributed by atoms with Crippen molar-refractivity contribution in [2.24, 2.45) is 0 Å². The van der Waals surface area contributed by atoms with Crippen LogP contribution in [-0.2, 0) is 4.74 Å². The second-order valence-electron chi connectivity index (χ2n) is 4.92. The fourth-order valence-electron chi connectivity index (χ4n) is 2.55. The van der Waals surface area contributed by atoms with Crippen molar-refractivity contribution in [3.05, 3.63) is 11.6 Å². The van der Waals surface area contributed by atoms with Gasteiger partial charge >= 0.3 is 0 Å². The van der Waals surface area contributed by atoms with Gasteiger partial charge in [-0.3, -0.25) is 4.57 Å². The second kappa shape index (κ2) is 5.16. The average molecular weight is 298 g/mol. The summed E-state index contributed by atoms with van der Waals surface area (Å²) in [6.07, 6.45) is 2.93. The highest BCUT2D eigenvalue weighted by Gasteiger charge is 2.35. The van der Waals surface area contributed by atoms with Gasteiger partial charge in [0, 0.05) is 6.42 Å². The maximum atomic E-state index is 10.0. The summed E-state index contributed by atoms with van der Waals surface area (Å²) in [6.45, 7) is 2.06. The summed E-state index contributed by atoms with van der Waals surface area (Å²) in [4.78, 5) is 12.2. The van der Waals surface area contributed by atoms with Gasteiger partial charge in [-0.2, -0.15) is 9.97 Å². The van der Waals surface area contributed by atoms with Gasteiger partial charge in [-0.1, -0.05) is 13.3 Å². The van der Waals surface area contributed by atoms with Crippen molar-refractivity contribution < 1.29 is 9.84 Å². The molecule has 1 saturated heterocycles. The number of anilines is 1. The minimum atomic E-state index is -0.480. The van der Waals surface area contributed by atoms with E-state index in [0.29, 0.717) is 17.6 Å². The number of ether oxygens (including phenoxy) is 1. The summed E-state index contributed by atoms with van der Waals surface area (Å²) in [5.74, 6) is 0.238. The van der Waals surface area contributed by atoms with Crippen molar-refractivity contribution in [2.75, 3.05) is 5.73 Å². The summed E-state index contributed by atoms with van der Waals surface area (Å²) in [7, 11) is 0. The van der Waals surface area contributed by atoms with E-state index in [0.717, 1.165) is 12.8 Å². The van der Waals surface area contributed by atoms with Crippen molar-refractivity contribution >= 4 is 28.6 Å². The molecule has 8 heteroatoms. The Morgan fingerprint density at radius 3 is 3.10 bits per heavy atom. The van der Waals surface area contributed by atoms with Gasteiger partial charge in [0.1, 0.15) is 11.7 Å². The monoisotopic (exact) mass is 297 g/mol. The highest BCUT2D eigenvalue weighted by Crippen LogP contribution is 2.33. The van der Waals surface area contributed by atoms with Gasteiger partial charge in [-0.25, -0.2) is 4.98 Å². The number of hydrogen-bond donors (Lipinski definition) is 2. The molecule has 0 amide bonds. The molecule has 2 aromatic rings. The molecule has 0 aromatic carbocycles. The van der Waals surface area contributed by atoms with Crippen molar-refractivity contribution in [3.8, 4) is 0 Å². The highest BCUT2D eigenvalue weighted by molar-refractivity contribution is 6.28. The quantitative estimate of drug-likeness (QED) is 0.833. The SMILES string of the molecule is CCC[C@H]1O[C@@H](n2cnc3c(N)nc(Cl)nc32)C[C@@H]1O. The molecule has 0 unspecified atom stereocenters. The van der Waals surface area contributed by atoms with Gasteiger partial charge in [-0.15, -0.1) is 0 Å². The Morgan fingerprint density at radius 1 is 1.55 bits per heavy atom. The van der Waals surface area contributed by atoms with Crippen molar-refractivity contribution in [3.63, 3.8) is 0 Å². The number of aliphatic hydroxyl groups excluding tert-OH is 1. The van der Waals surface area contributed by atoms with Crippen molar-refractivity contribution in [1.82, 2.24) is 19.5 Å². The van der Waals surface area contributed by atoms with E-state index in [1.165, 1.54) is 0 Å². The molecule has 3 atom stereocenters. The molecule has 3 heterocycles. The summed E-state index contributed by atoms with van der Waals surface area (Å²) in [5, 5.41) is 10.1. The number of nitrogens with two attached hydrogens (primary N) is 1. The zero-order chi connectivity index (χ0) is 14.3. The Morgan fingerprint density at radius 2 is 2.35 bits per heavy atom. The van der Waals surface area contributed by atoms with Crippen LogP contribution in [0.2, 0.25) is 5.28 Å². The minimum Gasteiger partial charge on any atom is -0.390 e. The minimum absolute atomic E-state index is 0.0698. The van der Waals surface area contributed by atoms with E-state index in [1.54, 1.807) is 10.9 Å². The molecule has 2 aromatic heterocycles. The molecule has 0 aliphatic carbocycles. The Kier molecular flexibility index (Phi) is 3.49. The van der Waals surface area contributed by atoms with Crippen LogP contribution in [-0.4, -0.2) is 36.8 Å². The zero-order valence-electron chi connectivity index (χ0n) is 11.0. The molecular formula is C12H16ClN5O2. The van der Waals surface area contributed by atoms with Gasteiger partial charge in [0.2, 0.25) is 5.28 Å². The van der Waals surface area contributed by atoms with Gasteiger partial charge in [0.15, 0.2) is 11.5 Å². The summed E-state index contributed by atoms with van der Waals surface area (Å²) in [5.41, 5.74) is 6.79. The number of nitrogen functional groups attached to an aromatic ring is 1. The van der Waals surface area contributed by atoms with E-state index in [9.17, 15) is 5.11 Å². The maximum absolute atomic E-state index is 10.0. The summed E-state index contributed by atoms with van der Waals surface area (Å²) >= 11 is 5.83. The molecule has 1 fully saturated rings. The lowest BCUT2D eigenvalue weighted by atomic mass is 10.1. The van der Waals surface area contributed by atoms with Crippen LogP contribution in [0, 0.1) is 0 Å². The third-order valence-corrected chi connectivity index (χ3v) is 3.68. The van der Waals surface area contributed by atoms with E-state index in [-0.39, 0.29) is 23.4 Å². The maximum Gasteiger partial charge on any atom is 0.226 e. The second-order valence-corrected chi connectivity index (χ2v) is 5.26. The van der Waals surface area contributed by atoms with Crippen LogP contribution in [0.3, 0.4) is 0 Å². The number of imidazole rings is 1. The molecule has 7 nitrogen and oxygen atoms in total. The van der Waals surface area contributed by atoms with Gasteiger partial charge in [0.05, 0.1) is 18.5 Å². The van der Waals surface area contributed by atoms with E-state index < -0.39 is 6.10 Å². The van der Waals surface area contributed by atoms with Gasteiger partial charge in [0.25, 0.3) is 0 Å². The molecule has 0 saturated carbocycles. The smallest absolute Gasteiger partial charge is 0.226 e. The number of fused-ring (bicyclic) bond motifs is 1. The normalized spacial score (nSPS) is 26.4. The van der Waals surface area contributed by atoms with Crippen LogP contribution in [0.15, 0.2) is 6.33 Å². The lowest BCUT2D eigenvalue weighted by Gasteiger charge is -2.14. The largest absolute Gasteiger partial charge is 0.390 e. The summed E-state index contributed by atoms with van der Waals surface area (Å²) < 4.78 is 7.62. The average Bonchev–Trinajstić information content (AvgIpc) is 2.94. The third-order valence-electron chi connectivity index (χ3n) is 3.51. The number of hydrogen-bond acceptors (Lipinski definition) is 6. The van der Waals surface area contributed by atoms with E-state index >= 15 is 0 Å².